The Morgan fingerprint density at radius 3 is 2.71 bits per heavy atom. The van der Waals surface area contributed by atoms with Gasteiger partial charge in [-0.25, -0.2) is 0 Å². The van der Waals surface area contributed by atoms with Crippen LogP contribution in [0.25, 0.3) is 0 Å². The Balaban J connectivity index is 1.69. The van der Waals surface area contributed by atoms with E-state index in [0.717, 1.165) is 18.8 Å². The monoisotopic (exact) mass is 306 g/mol. The standard InChI is InChI=1S/C17H23ClN2O/c18-11-15-10-17(21)20(13-15)16-6-4-5-14(9-16)12-19-7-2-1-3-8-19/h4-6,9,15H,1-3,7-8,10-13H2. The van der Waals surface area contributed by atoms with Crippen molar-refractivity contribution in [1.82, 2.24) is 4.90 Å². The largest absolute Gasteiger partial charge is 0.312 e. The summed E-state index contributed by atoms with van der Waals surface area (Å²) in [7, 11) is 0. The third kappa shape index (κ3) is 3.58. The molecule has 0 N–H and O–H groups in total. The van der Waals surface area contributed by atoms with Gasteiger partial charge in [0, 0.05) is 31.1 Å². The average Bonchev–Trinajstić information content (AvgIpc) is 2.90. The smallest absolute Gasteiger partial charge is 0.227 e. The molecule has 2 heterocycles. The van der Waals surface area contributed by atoms with Crippen molar-refractivity contribution in [3.8, 4) is 0 Å². The van der Waals surface area contributed by atoms with E-state index in [4.69, 9.17) is 11.6 Å². The number of piperidine rings is 1. The molecule has 3 rings (SSSR count). The summed E-state index contributed by atoms with van der Waals surface area (Å²) in [5.74, 6) is 1.07. The zero-order valence-corrected chi connectivity index (χ0v) is 13.2. The number of anilines is 1. The second kappa shape index (κ2) is 6.80. The van der Waals surface area contributed by atoms with Gasteiger partial charge in [0.05, 0.1) is 0 Å². The lowest BCUT2D eigenvalue weighted by molar-refractivity contribution is -0.117. The molecule has 0 aliphatic carbocycles. The molecule has 1 atom stereocenters. The average molecular weight is 307 g/mol. The number of amides is 1. The van der Waals surface area contributed by atoms with Crippen LogP contribution in [0, 0.1) is 5.92 Å². The van der Waals surface area contributed by atoms with Gasteiger partial charge in [-0.3, -0.25) is 9.69 Å². The Bertz CT molecular complexity index is 499. The zero-order chi connectivity index (χ0) is 14.7. The van der Waals surface area contributed by atoms with Crippen LogP contribution in [-0.4, -0.2) is 36.3 Å². The molecule has 2 aliphatic rings. The van der Waals surface area contributed by atoms with Crippen molar-refractivity contribution in [2.45, 2.75) is 32.2 Å². The molecule has 1 unspecified atom stereocenters. The van der Waals surface area contributed by atoms with E-state index in [-0.39, 0.29) is 5.91 Å². The van der Waals surface area contributed by atoms with Gasteiger partial charge >= 0.3 is 0 Å². The molecule has 1 aromatic rings. The number of hydrogen-bond donors (Lipinski definition) is 0. The summed E-state index contributed by atoms with van der Waals surface area (Å²) in [6.07, 6.45) is 4.56. The molecule has 0 saturated carbocycles. The molecule has 1 aromatic carbocycles. The molecule has 1 amide bonds. The van der Waals surface area contributed by atoms with Gasteiger partial charge in [0.15, 0.2) is 0 Å². The number of likely N-dealkylation sites (tertiary alicyclic amines) is 1. The highest BCUT2D eigenvalue weighted by molar-refractivity contribution is 6.18. The summed E-state index contributed by atoms with van der Waals surface area (Å²) < 4.78 is 0. The number of carbonyl (C=O) groups excluding carboxylic acids is 1. The number of alkyl halides is 1. The molecule has 114 valence electrons. The van der Waals surface area contributed by atoms with Gasteiger partial charge in [-0.2, -0.15) is 0 Å². The number of rotatable bonds is 4. The van der Waals surface area contributed by atoms with E-state index in [2.05, 4.69) is 23.1 Å². The summed E-state index contributed by atoms with van der Waals surface area (Å²) in [5.41, 5.74) is 2.33. The summed E-state index contributed by atoms with van der Waals surface area (Å²) in [5, 5.41) is 0. The Morgan fingerprint density at radius 2 is 2.00 bits per heavy atom. The fraction of sp³-hybridized carbons (Fsp3) is 0.588. The molecule has 0 spiro atoms. The number of halogens is 1. The molecule has 2 aliphatic heterocycles. The van der Waals surface area contributed by atoms with Crippen LogP contribution in [0.3, 0.4) is 0 Å². The van der Waals surface area contributed by atoms with Crippen LogP contribution >= 0.6 is 11.6 Å². The maximum absolute atomic E-state index is 12.1. The molecule has 0 aromatic heterocycles. The summed E-state index contributed by atoms with van der Waals surface area (Å²) in [6.45, 7) is 4.15. The van der Waals surface area contributed by atoms with Gasteiger partial charge in [0.25, 0.3) is 0 Å². The highest BCUT2D eigenvalue weighted by atomic mass is 35.5. The molecule has 21 heavy (non-hydrogen) atoms. The molecule has 0 bridgehead atoms. The molecule has 2 saturated heterocycles. The van der Waals surface area contributed by atoms with E-state index >= 15 is 0 Å². The van der Waals surface area contributed by atoms with E-state index in [9.17, 15) is 4.79 Å². The molecular weight excluding hydrogens is 284 g/mol. The lowest BCUT2D eigenvalue weighted by Gasteiger charge is -2.27. The summed E-state index contributed by atoms with van der Waals surface area (Å²) in [6, 6.07) is 8.44. The first kappa shape index (κ1) is 14.9. The highest BCUT2D eigenvalue weighted by Gasteiger charge is 2.29. The van der Waals surface area contributed by atoms with Crippen LogP contribution in [0.1, 0.15) is 31.2 Å². The number of benzene rings is 1. The van der Waals surface area contributed by atoms with Crippen LogP contribution in [0.4, 0.5) is 5.69 Å². The first-order chi connectivity index (χ1) is 10.3. The maximum atomic E-state index is 12.1. The fourth-order valence-electron chi connectivity index (χ4n) is 3.33. The molecular formula is C17H23ClN2O. The Kier molecular flexibility index (Phi) is 4.81. The molecule has 4 heteroatoms. The lowest BCUT2D eigenvalue weighted by Crippen LogP contribution is -2.29. The summed E-state index contributed by atoms with van der Waals surface area (Å²) >= 11 is 5.90. The van der Waals surface area contributed by atoms with Gasteiger partial charge in [0.2, 0.25) is 5.91 Å². The van der Waals surface area contributed by atoms with Crippen molar-refractivity contribution in [2.75, 3.05) is 30.4 Å². The zero-order valence-electron chi connectivity index (χ0n) is 12.4. The van der Waals surface area contributed by atoms with Crippen LogP contribution < -0.4 is 4.90 Å². The predicted molar refractivity (Wildman–Crippen MR) is 86.8 cm³/mol. The van der Waals surface area contributed by atoms with Crippen LogP contribution in [0.5, 0.6) is 0 Å². The van der Waals surface area contributed by atoms with Gasteiger partial charge in [-0.05, 0) is 49.5 Å². The summed E-state index contributed by atoms with van der Waals surface area (Å²) in [4.78, 5) is 16.5. The minimum absolute atomic E-state index is 0.204. The van der Waals surface area contributed by atoms with Crippen LogP contribution in [-0.2, 0) is 11.3 Å². The van der Waals surface area contributed by atoms with Crippen molar-refractivity contribution in [1.29, 1.82) is 0 Å². The third-order valence-corrected chi connectivity index (χ3v) is 4.94. The van der Waals surface area contributed by atoms with Crippen molar-refractivity contribution >= 4 is 23.2 Å². The Labute approximate surface area is 131 Å². The SMILES string of the molecule is O=C1CC(CCl)CN1c1cccc(CN2CCCCC2)c1. The van der Waals surface area contributed by atoms with Gasteiger partial charge in [0.1, 0.15) is 0 Å². The second-order valence-electron chi connectivity index (χ2n) is 6.24. The topological polar surface area (TPSA) is 23.6 Å². The minimum Gasteiger partial charge on any atom is -0.312 e. The third-order valence-electron chi connectivity index (χ3n) is 4.50. The Morgan fingerprint density at radius 1 is 1.19 bits per heavy atom. The molecule has 2 fully saturated rings. The second-order valence-corrected chi connectivity index (χ2v) is 6.54. The van der Waals surface area contributed by atoms with Gasteiger partial charge < -0.3 is 4.90 Å². The minimum atomic E-state index is 0.204. The lowest BCUT2D eigenvalue weighted by atomic mass is 10.1. The van der Waals surface area contributed by atoms with E-state index in [0.29, 0.717) is 18.2 Å². The fourth-order valence-corrected chi connectivity index (χ4v) is 3.54. The van der Waals surface area contributed by atoms with Crippen molar-refractivity contribution in [2.24, 2.45) is 5.92 Å². The van der Waals surface area contributed by atoms with Gasteiger partial charge in [-0.1, -0.05) is 18.6 Å². The van der Waals surface area contributed by atoms with E-state index in [1.807, 2.05) is 11.0 Å². The van der Waals surface area contributed by atoms with Gasteiger partial charge in [-0.15, -0.1) is 11.6 Å². The maximum Gasteiger partial charge on any atom is 0.227 e. The molecule has 0 radical (unpaired) electrons. The first-order valence-electron chi connectivity index (χ1n) is 7.94. The van der Waals surface area contributed by atoms with Crippen LogP contribution in [0.15, 0.2) is 24.3 Å². The van der Waals surface area contributed by atoms with Crippen molar-refractivity contribution in [3.63, 3.8) is 0 Å². The number of nitrogens with zero attached hydrogens (tertiary/aromatic N) is 2. The normalized spacial score (nSPS) is 23.8. The number of carbonyl (C=O) groups is 1. The first-order valence-corrected chi connectivity index (χ1v) is 8.47. The van der Waals surface area contributed by atoms with Crippen molar-refractivity contribution < 1.29 is 4.79 Å². The van der Waals surface area contributed by atoms with E-state index in [1.165, 1.54) is 37.9 Å². The van der Waals surface area contributed by atoms with E-state index in [1.54, 1.807) is 0 Å². The van der Waals surface area contributed by atoms with E-state index < -0.39 is 0 Å². The predicted octanol–water partition coefficient (Wildman–Crippen LogP) is 3.26. The Hall–Kier alpha value is -1.06. The highest BCUT2D eigenvalue weighted by Crippen LogP contribution is 2.27. The van der Waals surface area contributed by atoms with Crippen molar-refractivity contribution in [3.05, 3.63) is 29.8 Å². The number of hydrogen-bond acceptors (Lipinski definition) is 2. The van der Waals surface area contributed by atoms with Crippen LogP contribution in [0.2, 0.25) is 0 Å². The molecule has 3 nitrogen and oxygen atoms in total. The quantitative estimate of drug-likeness (QED) is 0.797.